The molecule has 1 fully saturated rings. The molecule has 2 unspecified atom stereocenters. The van der Waals surface area contributed by atoms with E-state index in [0.717, 1.165) is 5.56 Å². The van der Waals surface area contributed by atoms with Gasteiger partial charge in [-0.25, -0.2) is 15.8 Å². The molecule has 10 heteroatoms. The van der Waals surface area contributed by atoms with Crippen LogP contribution >= 0.6 is 11.6 Å². The first-order chi connectivity index (χ1) is 15.9. The summed E-state index contributed by atoms with van der Waals surface area (Å²) in [6.07, 6.45) is 0.578. The number of methoxy groups -OCH3 is 2. The second-order valence-electron chi connectivity index (χ2n) is 7.77. The van der Waals surface area contributed by atoms with Gasteiger partial charge in [0.05, 0.1) is 31.7 Å². The lowest BCUT2D eigenvalue weighted by atomic mass is 10.0. The van der Waals surface area contributed by atoms with Crippen molar-refractivity contribution in [1.29, 1.82) is 0 Å². The number of likely N-dealkylation sites (N-methyl/N-ethyl adjacent to an activating group) is 1. The van der Waals surface area contributed by atoms with E-state index in [9.17, 15) is 9.59 Å². The molecule has 0 radical (unpaired) electrons. The highest BCUT2D eigenvalue weighted by Crippen LogP contribution is 2.30. The van der Waals surface area contributed by atoms with Gasteiger partial charge < -0.3 is 19.4 Å². The summed E-state index contributed by atoms with van der Waals surface area (Å²) in [6.45, 7) is 2.53. The average molecular weight is 472 g/mol. The lowest BCUT2D eigenvalue weighted by molar-refractivity contribution is -0.133. The number of benzene rings is 2. The number of carbonyl (C=O) groups is 1. The van der Waals surface area contributed by atoms with Crippen molar-refractivity contribution in [2.45, 2.75) is 32.0 Å². The van der Waals surface area contributed by atoms with E-state index >= 15 is 0 Å². The fourth-order valence-electron chi connectivity index (χ4n) is 4.00. The van der Waals surface area contributed by atoms with Crippen molar-refractivity contribution in [2.75, 3.05) is 20.8 Å². The van der Waals surface area contributed by atoms with Gasteiger partial charge in [0.15, 0.2) is 11.5 Å². The zero-order chi connectivity index (χ0) is 23.5. The van der Waals surface area contributed by atoms with Gasteiger partial charge in [-0.05, 0) is 37.1 Å². The fraction of sp³-hybridized carbons (Fsp3) is 0.348. The van der Waals surface area contributed by atoms with Gasteiger partial charge in [-0.3, -0.25) is 9.59 Å². The number of hydrazine groups is 1. The molecule has 3 aromatic rings. The summed E-state index contributed by atoms with van der Waals surface area (Å²) in [5, 5.41) is 1.04. The molecule has 0 spiro atoms. The van der Waals surface area contributed by atoms with E-state index < -0.39 is 6.04 Å². The number of hydrogen-bond acceptors (Lipinski definition) is 7. The predicted octanol–water partition coefficient (Wildman–Crippen LogP) is 2.55. The highest BCUT2D eigenvalue weighted by atomic mass is 35.5. The zero-order valence-electron chi connectivity index (χ0n) is 18.6. The number of H-pyrrole nitrogens is 1. The number of fused-ring (bicyclic) bond motifs is 1. The number of rotatable bonds is 7. The molecular formula is C23H26ClN5O4. The van der Waals surface area contributed by atoms with Crippen LogP contribution in [0.3, 0.4) is 0 Å². The maximum atomic E-state index is 13.2. The van der Waals surface area contributed by atoms with Crippen LogP contribution in [0.2, 0.25) is 5.02 Å². The summed E-state index contributed by atoms with van der Waals surface area (Å²) in [5.74, 6) is 1.24. The molecule has 4 rings (SSSR count). The monoisotopic (exact) mass is 471 g/mol. The third-order valence-electron chi connectivity index (χ3n) is 5.75. The van der Waals surface area contributed by atoms with E-state index in [0.29, 0.717) is 46.2 Å². The van der Waals surface area contributed by atoms with Crippen molar-refractivity contribution in [3.05, 3.63) is 63.2 Å². The maximum Gasteiger partial charge on any atom is 0.258 e. The Morgan fingerprint density at radius 1 is 1.18 bits per heavy atom. The zero-order valence-corrected chi connectivity index (χ0v) is 19.4. The summed E-state index contributed by atoms with van der Waals surface area (Å²) < 4.78 is 10.6. The molecular weight excluding hydrogens is 446 g/mol. The Kier molecular flexibility index (Phi) is 6.83. The van der Waals surface area contributed by atoms with Crippen molar-refractivity contribution >= 4 is 28.4 Å². The molecule has 33 heavy (non-hydrogen) atoms. The van der Waals surface area contributed by atoms with Crippen LogP contribution in [0.5, 0.6) is 11.5 Å². The minimum atomic E-state index is -0.412. The summed E-state index contributed by atoms with van der Waals surface area (Å²) in [7, 11) is 3.03. The molecule has 1 saturated heterocycles. The van der Waals surface area contributed by atoms with E-state index in [2.05, 4.69) is 20.8 Å². The highest BCUT2D eigenvalue weighted by Gasteiger charge is 2.33. The number of hydrogen-bond donors (Lipinski definition) is 3. The second-order valence-corrected chi connectivity index (χ2v) is 8.21. The molecule has 1 aliphatic heterocycles. The number of amides is 1. The predicted molar refractivity (Wildman–Crippen MR) is 125 cm³/mol. The van der Waals surface area contributed by atoms with Gasteiger partial charge in [-0.1, -0.05) is 23.7 Å². The van der Waals surface area contributed by atoms with E-state index in [1.54, 1.807) is 17.0 Å². The van der Waals surface area contributed by atoms with Crippen LogP contribution < -0.4 is 25.9 Å². The van der Waals surface area contributed by atoms with Gasteiger partial charge >= 0.3 is 0 Å². The van der Waals surface area contributed by atoms with Crippen LogP contribution in [0.4, 0.5) is 0 Å². The van der Waals surface area contributed by atoms with Gasteiger partial charge in [0, 0.05) is 23.7 Å². The van der Waals surface area contributed by atoms with Gasteiger partial charge in [0.2, 0.25) is 5.91 Å². The first-order valence-corrected chi connectivity index (χ1v) is 11.0. The quantitative estimate of drug-likeness (QED) is 0.486. The average Bonchev–Trinajstić information content (AvgIpc) is 3.32. The lowest BCUT2D eigenvalue weighted by Gasteiger charge is -2.23. The molecule has 2 atom stereocenters. The van der Waals surface area contributed by atoms with Crippen LogP contribution in [0, 0.1) is 0 Å². The lowest BCUT2D eigenvalue weighted by Crippen LogP contribution is -2.45. The fourth-order valence-corrected chi connectivity index (χ4v) is 4.19. The molecule has 2 heterocycles. The topological polar surface area (TPSA) is 109 Å². The molecule has 2 aromatic carbocycles. The summed E-state index contributed by atoms with van der Waals surface area (Å²) >= 11 is 6.10. The molecule has 0 aliphatic carbocycles. The van der Waals surface area contributed by atoms with Gasteiger partial charge in [0.1, 0.15) is 11.9 Å². The van der Waals surface area contributed by atoms with Crippen LogP contribution in [-0.4, -0.2) is 47.6 Å². The Bertz CT molecular complexity index is 1230. The Morgan fingerprint density at radius 3 is 2.64 bits per heavy atom. The van der Waals surface area contributed by atoms with E-state index in [1.807, 2.05) is 31.2 Å². The molecule has 9 nitrogen and oxygen atoms in total. The number of ether oxygens (including phenoxy) is 2. The van der Waals surface area contributed by atoms with Crippen molar-refractivity contribution in [3.63, 3.8) is 0 Å². The number of aromatic amines is 1. The highest BCUT2D eigenvalue weighted by molar-refractivity contribution is 6.30. The number of aromatic nitrogens is 2. The Morgan fingerprint density at radius 2 is 1.94 bits per heavy atom. The Hall–Kier alpha value is -3.14. The molecule has 0 bridgehead atoms. The third kappa shape index (κ3) is 4.80. The van der Waals surface area contributed by atoms with Gasteiger partial charge in [-0.2, -0.15) is 0 Å². The summed E-state index contributed by atoms with van der Waals surface area (Å²) in [5.41, 5.74) is 7.44. The number of halogens is 1. The van der Waals surface area contributed by atoms with E-state index in [1.165, 1.54) is 14.2 Å². The third-order valence-corrected chi connectivity index (χ3v) is 5.98. The normalized spacial score (nSPS) is 17.8. The first kappa shape index (κ1) is 23.0. The molecule has 1 aromatic heterocycles. The van der Waals surface area contributed by atoms with E-state index in [4.69, 9.17) is 21.1 Å². The van der Waals surface area contributed by atoms with Gasteiger partial charge in [-0.15, -0.1) is 0 Å². The second kappa shape index (κ2) is 9.78. The first-order valence-electron chi connectivity index (χ1n) is 10.6. The molecule has 1 aliphatic rings. The summed E-state index contributed by atoms with van der Waals surface area (Å²) in [4.78, 5) is 34.9. The van der Waals surface area contributed by atoms with Crippen molar-refractivity contribution in [3.8, 4) is 11.5 Å². The Labute approximate surface area is 196 Å². The number of nitrogens with zero attached hydrogens (tertiary/aromatic N) is 2. The minimum absolute atomic E-state index is 0.0302. The standard InChI is InChI=1S/C23H26ClN5O4/c1-4-29(23(31)18-10-16(27-28-18)13-6-5-7-14(24)8-13)12-21-25-17-11-20(33-3)19(32-2)9-15(17)22(30)26-21/h5-9,11,16,18,27-28H,4,10,12H2,1-3H3,(H,25,26,30). The summed E-state index contributed by atoms with van der Waals surface area (Å²) in [6, 6.07) is 10.4. The number of nitrogens with one attached hydrogen (secondary N) is 3. The molecule has 3 N–H and O–H groups in total. The van der Waals surface area contributed by atoms with Crippen molar-refractivity contribution in [1.82, 2.24) is 25.7 Å². The van der Waals surface area contributed by atoms with Crippen LogP contribution in [0.1, 0.15) is 30.8 Å². The Balaban J connectivity index is 1.52. The maximum absolute atomic E-state index is 13.2. The largest absolute Gasteiger partial charge is 0.493 e. The van der Waals surface area contributed by atoms with E-state index in [-0.39, 0.29) is 24.1 Å². The van der Waals surface area contributed by atoms with Crippen LogP contribution in [-0.2, 0) is 11.3 Å². The van der Waals surface area contributed by atoms with Crippen molar-refractivity contribution < 1.29 is 14.3 Å². The SMILES string of the molecule is CCN(Cc1nc2cc(OC)c(OC)cc2c(=O)[nH]1)C(=O)C1CC(c2cccc(Cl)c2)NN1. The minimum Gasteiger partial charge on any atom is -0.493 e. The molecule has 174 valence electrons. The smallest absolute Gasteiger partial charge is 0.258 e. The molecule has 1 amide bonds. The van der Waals surface area contributed by atoms with Crippen LogP contribution in [0.25, 0.3) is 10.9 Å². The number of carbonyl (C=O) groups excluding carboxylic acids is 1. The van der Waals surface area contributed by atoms with Gasteiger partial charge in [0.25, 0.3) is 5.56 Å². The molecule has 0 saturated carbocycles. The van der Waals surface area contributed by atoms with Crippen molar-refractivity contribution in [2.24, 2.45) is 0 Å². The van der Waals surface area contributed by atoms with Crippen LogP contribution in [0.15, 0.2) is 41.2 Å².